The fraction of sp³-hybridized carbons (Fsp3) is 0.533. The van der Waals surface area contributed by atoms with Gasteiger partial charge in [0.25, 0.3) is 0 Å². The Kier molecular flexibility index (Phi) is 6.36. The van der Waals surface area contributed by atoms with Gasteiger partial charge in [-0.15, -0.1) is 0 Å². The van der Waals surface area contributed by atoms with E-state index >= 15 is 0 Å². The van der Waals surface area contributed by atoms with Gasteiger partial charge < -0.3 is 19.7 Å². The van der Waals surface area contributed by atoms with E-state index in [1.807, 2.05) is 24.3 Å². The zero-order valence-corrected chi connectivity index (χ0v) is 21.1. The summed E-state index contributed by atoms with van der Waals surface area (Å²) in [6, 6.07) is 13.0. The summed E-state index contributed by atoms with van der Waals surface area (Å²) in [5.74, 6) is 2.22. The van der Waals surface area contributed by atoms with Crippen molar-refractivity contribution < 1.29 is 19.1 Å². The van der Waals surface area contributed by atoms with Crippen molar-refractivity contribution in [3.63, 3.8) is 0 Å². The van der Waals surface area contributed by atoms with Gasteiger partial charge in [0.15, 0.2) is 0 Å². The molecule has 0 aromatic heterocycles. The van der Waals surface area contributed by atoms with Crippen LogP contribution < -0.4 is 14.8 Å². The highest BCUT2D eigenvalue weighted by atomic mass is 16.5. The molecule has 190 valence electrons. The molecule has 6 rings (SSSR count). The number of ether oxygens (including phenoxy) is 2. The number of carbonyl (C=O) groups excluding carboxylic acids is 2. The van der Waals surface area contributed by atoms with E-state index in [1.54, 1.807) is 7.11 Å². The molecule has 2 aromatic rings. The molecule has 2 fully saturated rings. The Morgan fingerprint density at radius 3 is 2.69 bits per heavy atom. The lowest BCUT2D eigenvalue weighted by Gasteiger charge is -2.40. The third-order valence-corrected chi connectivity index (χ3v) is 8.73. The fourth-order valence-electron chi connectivity index (χ4n) is 6.98. The molecule has 0 spiro atoms. The number of hydrogen-bond acceptors (Lipinski definition) is 4. The maximum absolute atomic E-state index is 13.3. The molecule has 2 amide bonds. The molecule has 3 atom stereocenters. The predicted molar refractivity (Wildman–Crippen MR) is 137 cm³/mol. The highest BCUT2D eigenvalue weighted by Gasteiger charge is 2.43. The van der Waals surface area contributed by atoms with Crippen LogP contribution in [0, 0.1) is 5.92 Å². The zero-order valence-electron chi connectivity index (χ0n) is 21.1. The summed E-state index contributed by atoms with van der Waals surface area (Å²) in [6.07, 6.45) is 8.82. The van der Waals surface area contributed by atoms with Gasteiger partial charge in [0.05, 0.1) is 20.1 Å². The largest absolute Gasteiger partial charge is 0.496 e. The Bertz CT molecular complexity index is 1130. The molecule has 2 aromatic carbocycles. The summed E-state index contributed by atoms with van der Waals surface area (Å²) in [7, 11) is 1.70. The van der Waals surface area contributed by atoms with Crippen molar-refractivity contribution in [2.24, 2.45) is 5.92 Å². The highest BCUT2D eigenvalue weighted by Crippen LogP contribution is 2.37. The Labute approximate surface area is 213 Å². The van der Waals surface area contributed by atoms with Crippen LogP contribution in [0.5, 0.6) is 11.5 Å². The Morgan fingerprint density at radius 2 is 1.89 bits per heavy atom. The summed E-state index contributed by atoms with van der Waals surface area (Å²) in [5, 5.41) is 3.37. The lowest BCUT2D eigenvalue weighted by atomic mass is 9.82. The van der Waals surface area contributed by atoms with Crippen LogP contribution in [0.1, 0.15) is 60.8 Å². The van der Waals surface area contributed by atoms with Crippen molar-refractivity contribution in [3.8, 4) is 11.5 Å². The number of aryl methyl sites for hydroxylation is 2. The molecular weight excluding hydrogens is 452 g/mol. The van der Waals surface area contributed by atoms with Crippen LogP contribution in [0.2, 0.25) is 0 Å². The second kappa shape index (κ2) is 9.79. The number of nitrogens with one attached hydrogen (secondary N) is 1. The van der Waals surface area contributed by atoms with Crippen molar-refractivity contribution in [3.05, 3.63) is 58.7 Å². The average Bonchev–Trinajstić information content (AvgIpc) is 3.18. The Hall–Kier alpha value is -3.02. The van der Waals surface area contributed by atoms with Gasteiger partial charge in [0, 0.05) is 24.0 Å². The average molecular weight is 489 g/mol. The first-order chi connectivity index (χ1) is 17.6. The van der Waals surface area contributed by atoms with Crippen LogP contribution >= 0.6 is 0 Å². The molecule has 3 heterocycles. The second-order valence-electron chi connectivity index (χ2n) is 11.0. The lowest BCUT2D eigenvalue weighted by Crippen LogP contribution is -2.53. The van der Waals surface area contributed by atoms with E-state index in [0.717, 1.165) is 81.5 Å². The van der Waals surface area contributed by atoms with Crippen molar-refractivity contribution in [2.45, 2.75) is 82.3 Å². The minimum Gasteiger partial charge on any atom is -0.496 e. The number of fused-ring (bicyclic) bond motifs is 4. The smallest absolute Gasteiger partial charge is 0.227 e. The molecule has 2 saturated heterocycles. The molecule has 1 aliphatic carbocycles. The lowest BCUT2D eigenvalue weighted by molar-refractivity contribution is -0.135. The quantitative estimate of drug-likeness (QED) is 0.691. The molecule has 3 aliphatic heterocycles. The number of rotatable bonds is 5. The van der Waals surface area contributed by atoms with E-state index in [4.69, 9.17) is 9.47 Å². The van der Waals surface area contributed by atoms with Crippen molar-refractivity contribution in [1.82, 2.24) is 10.2 Å². The third-order valence-electron chi connectivity index (χ3n) is 8.73. The maximum atomic E-state index is 13.3. The first-order valence-electron chi connectivity index (χ1n) is 13.6. The van der Waals surface area contributed by atoms with Crippen LogP contribution in [0.15, 0.2) is 36.4 Å². The van der Waals surface area contributed by atoms with Crippen LogP contribution in [-0.2, 0) is 35.3 Å². The van der Waals surface area contributed by atoms with E-state index in [2.05, 4.69) is 22.3 Å². The van der Waals surface area contributed by atoms with Crippen LogP contribution in [-0.4, -0.2) is 48.6 Å². The summed E-state index contributed by atoms with van der Waals surface area (Å²) < 4.78 is 11.3. The van der Waals surface area contributed by atoms with E-state index < -0.39 is 0 Å². The molecule has 2 bridgehead atoms. The highest BCUT2D eigenvalue weighted by molar-refractivity contribution is 5.81. The Morgan fingerprint density at radius 1 is 1.06 bits per heavy atom. The topological polar surface area (TPSA) is 67.9 Å². The number of benzene rings is 2. The third kappa shape index (κ3) is 4.46. The molecule has 36 heavy (non-hydrogen) atoms. The molecule has 0 saturated carbocycles. The molecule has 6 heteroatoms. The normalized spacial score (nSPS) is 26.4. The van der Waals surface area contributed by atoms with Gasteiger partial charge >= 0.3 is 0 Å². The molecule has 0 radical (unpaired) electrons. The summed E-state index contributed by atoms with van der Waals surface area (Å²) in [4.78, 5) is 28.7. The predicted octanol–water partition coefficient (Wildman–Crippen LogP) is 4.01. The van der Waals surface area contributed by atoms with Crippen LogP contribution in [0.3, 0.4) is 0 Å². The standard InChI is InChI=1S/C30H36N2O4/c1-35-28-6-2-4-20-8-9-22(16-26(20)28)30(34)31-23-17-24-10-11-25(18-23)32(24)29(33)15-19-7-12-27-21(14-19)5-3-13-36-27/h2,4,6-7,12,14,22-25H,3,5,8-11,13,15-18H2,1H3,(H,31,34). The van der Waals surface area contributed by atoms with Crippen LogP contribution in [0.4, 0.5) is 0 Å². The van der Waals surface area contributed by atoms with E-state index in [0.29, 0.717) is 6.42 Å². The Balaban J connectivity index is 1.06. The van der Waals surface area contributed by atoms with E-state index in [-0.39, 0.29) is 35.9 Å². The van der Waals surface area contributed by atoms with Gasteiger partial charge in [0.1, 0.15) is 11.5 Å². The van der Waals surface area contributed by atoms with Crippen molar-refractivity contribution in [1.29, 1.82) is 0 Å². The first-order valence-corrected chi connectivity index (χ1v) is 13.6. The summed E-state index contributed by atoms with van der Waals surface area (Å²) in [5.41, 5.74) is 4.78. The number of piperidine rings is 1. The van der Waals surface area contributed by atoms with Crippen molar-refractivity contribution >= 4 is 11.8 Å². The van der Waals surface area contributed by atoms with Gasteiger partial charge in [0.2, 0.25) is 11.8 Å². The van der Waals surface area contributed by atoms with Gasteiger partial charge in [-0.1, -0.05) is 24.3 Å². The SMILES string of the molecule is COc1cccc2c1CC(C(=O)NC1CC3CCC(C1)N3C(=O)Cc1ccc3c(c1)CCCO3)CC2. The molecule has 3 unspecified atom stereocenters. The first kappa shape index (κ1) is 23.4. The van der Waals surface area contributed by atoms with Gasteiger partial charge in [-0.2, -0.15) is 0 Å². The van der Waals surface area contributed by atoms with Crippen molar-refractivity contribution in [2.75, 3.05) is 13.7 Å². The molecule has 6 nitrogen and oxygen atoms in total. The van der Waals surface area contributed by atoms with Gasteiger partial charge in [-0.25, -0.2) is 0 Å². The monoisotopic (exact) mass is 488 g/mol. The zero-order chi connectivity index (χ0) is 24.6. The number of nitrogens with zero attached hydrogens (tertiary/aromatic N) is 1. The fourth-order valence-corrected chi connectivity index (χ4v) is 6.98. The van der Waals surface area contributed by atoms with E-state index in [1.165, 1.54) is 16.7 Å². The second-order valence-corrected chi connectivity index (χ2v) is 11.0. The van der Waals surface area contributed by atoms with Gasteiger partial charge in [-0.05, 0) is 92.2 Å². The minimum absolute atomic E-state index is 0.0147. The number of carbonyl (C=O) groups is 2. The molecular formula is C30H36N2O4. The van der Waals surface area contributed by atoms with E-state index in [9.17, 15) is 9.59 Å². The maximum Gasteiger partial charge on any atom is 0.227 e. The summed E-state index contributed by atoms with van der Waals surface area (Å²) in [6.45, 7) is 0.780. The minimum atomic E-state index is -0.0147. The molecule has 1 N–H and O–H groups in total. The van der Waals surface area contributed by atoms with Gasteiger partial charge in [-0.3, -0.25) is 9.59 Å². The number of amides is 2. The number of methoxy groups -OCH3 is 1. The number of hydrogen-bond donors (Lipinski definition) is 1. The summed E-state index contributed by atoms with van der Waals surface area (Å²) >= 11 is 0. The van der Waals surface area contributed by atoms with Crippen LogP contribution in [0.25, 0.3) is 0 Å². The molecule has 4 aliphatic rings.